The first-order chi connectivity index (χ1) is 11.2. The summed E-state index contributed by atoms with van der Waals surface area (Å²) in [6.07, 6.45) is 1.54. The molecular formula is C16H18N2O5. The largest absolute Gasteiger partial charge is 0.496 e. The number of carbonyl (C=O) groups excluding carboxylic acids is 2. The number of fused-ring (bicyclic) bond motifs is 1. The van der Waals surface area contributed by atoms with E-state index in [1.807, 2.05) is 0 Å². The van der Waals surface area contributed by atoms with E-state index < -0.39 is 0 Å². The van der Waals surface area contributed by atoms with Crippen LogP contribution in [0.25, 0.3) is 11.0 Å². The van der Waals surface area contributed by atoms with Crippen LogP contribution in [0.4, 0.5) is 0 Å². The summed E-state index contributed by atoms with van der Waals surface area (Å²) in [5.41, 5.74) is 0.952. The second-order valence-electron chi connectivity index (χ2n) is 5.19. The lowest BCUT2D eigenvalue weighted by Gasteiger charge is -2.26. The standard InChI is InChI=1S/C16H18N2O5/c1-21-13-8-11(9-14-12(13)2-5-23-14)16(20)17-10-15(19)18-3-6-22-7-4-18/h2,5,8-9H,3-4,6-7,10H2,1H3,(H,17,20). The van der Waals surface area contributed by atoms with Gasteiger partial charge in [0.05, 0.1) is 38.5 Å². The second-order valence-corrected chi connectivity index (χ2v) is 5.19. The van der Waals surface area contributed by atoms with Crippen LogP contribution in [-0.4, -0.2) is 56.7 Å². The summed E-state index contributed by atoms with van der Waals surface area (Å²) in [4.78, 5) is 26.0. The first kappa shape index (κ1) is 15.4. The minimum atomic E-state index is -0.344. The van der Waals surface area contributed by atoms with Gasteiger partial charge in [0.2, 0.25) is 5.91 Å². The Labute approximate surface area is 133 Å². The first-order valence-corrected chi connectivity index (χ1v) is 7.38. The Morgan fingerprint density at radius 3 is 2.83 bits per heavy atom. The number of ether oxygens (including phenoxy) is 2. The highest BCUT2D eigenvalue weighted by atomic mass is 16.5. The molecule has 2 aromatic rings. The van der Waals surface area contributed by atoms with Gasteiger partial charge >= 0.3 is 0 Å². The molecule has 1 fully saturated rings. The van der Waals surface area contributed by atoms with Gasteiger partial charge in [0, 0.05) is 18.7 Å². The molecule has 2 amide bonds. The molecule has 0 bridgehead atoms. The fourth-order valence-corrected chi connectivity index (χ4v) is 2.52. The molecule has 122 valence electrons. The molecule has 1 aromatic carbocycles. The van der Waals surface area contributed by atoms with Gasteiger partial charge in [-0.25, -0.2) is 0 Å². The smallest absolute Gasteiger partial charge is 0.251 e. The quantitative estimate of drug-likeness (QED) is 0.910. The lowest BCUT2D eigenvalue weighted by molar-refractivity contribution is -0.134. The fourth-order valence-electron chi connectivity index (χ4n) is 2.52. The number of amides is 2. The number of nitrogens with zero attached hydrogens (tertiary/aromatic N) is 1. The van der Waals surface area contributed by atoms with Crippen LogP contribution in [0.5, 0.6) is 5.75 Å². The number of rotatable bonds is 4. The number of carbonyl (C=O) groups is 2. The van der Waals surface area contributed by atoms with Gasteiger partial charge in [-0.15, -0.1) is 0 Å². The maximum atomic E-state index is 12.3. The Hall–Kier alpha value is -2.54. The van der Waals surface area contributed by atoms with Gasteiger partial charge in [-0.2, -0.15) is 0 Å². The molecule has 2 heterocycles. The topological polar surface area (TPSA) is 81.0 Å². The van der Waals surface area contributed by atoms with E-state index in [9.17, 15) is 9.59 Å². The number of nitrogens with one attached hydrogen (secondary N) is 1. The van der Waals surface area contributed by atoms with Gasteiger partial charge in [-0.1, -0.05) is 0 Å². The zero-order valence-electron chi connectivity index (χ0n) is 12.8. The normalized spacial score (nSPS) is 14.7. The van der Waals surface area contributed by atoms with Crippen molar-refractivity contribution < 1.29 is 23.5 Å². The molecule has 3 rings (SSSR count). The summed E-state index contributed by atoms with van der Waals surface area (Å²) < 4.78 is 15.8. The molecule has 0 aliphatic carbocycles. The summed E-state index contributed by atoms with van der Waals surface area (Å²) in [6, 6.07) is 5.04. The number of furan rings is 1. The zero-order valence-corrected chi connectivity index (χ0v) is 12.8. The summed E-state index contributed by atoms with van der Waals surface area (Å²) in [7, 11) is 1.53. The van der Waals surface area contributed by atoms with Crippen molar-refractivity contribution in [1.29, 1.82) is 0 Å². The molecule has 1 N–H and O–H groups in total. The van der Waals surface area contributed by atoms with Gasteiger partial charge in [0.25, 0.3) is 5.91 Å². The van der Waals surface area contributed by atoms with E-state index in [4.69, 9.17) is 13.9 Å². The lowest BCUT2D eigenvalue weighted by Crippen LogP contribution is -2.45. The van der Waals surface area contributed by atoms with Crippen molar-refractivity contribution in [2.75, 3.05) is 40.0 Å². The molecule has 0 radical (unpaired) electrons. The van der Waals surface area contributed by atoms with Crippen molar-refractivity contribution in [2.45, 2.75) is 0 Å². The summed E-state index contributed by atoms with van der Waals surface area (Å²) in [5.74, 6) is 0.0943. The SMILES string of the molecule is COc1cc(C(=O)NCC(=O)N2CCOCC2)cc2occc12. The zero-order chi connectivity index (χ0) is 16.2. The van der Waals surface area contributed by atoms with Crippen LogP contribution in [0, 0.1) is 0 Å². The molecule has 0 unspecified atom stereocenters. The van der Waals surface area contributed by atoms with E-state index in [1.54, 1.807) is 23.1 Å². The minimum Gasteiger partial charge on any atom is -0.496 e. The third-order valence-corrected chi connectivity index (χ3v) is 3.78. The second kappa shape index (κ2) is 6.70. The molecule has 1 aliphatic heterocycles. The van der Waals surface area contributed by atoms with Crippen molar-refractivity contribution in [1.82, 2.24) is 10.2 Å². The molecule has 1 aliphatic rings. The number of hydrogen-bond donors (Lipinski definition) is 1. The Bertz CT molecular complexity index is 718. The van der Waals surface area contributed by atoms with Crippen LogP contribution in [0.1, 0.15) is 10.4 Å². The third kappa shape index (κ3) is 3.29. The van der Waals surface area contributed by atoms with Crippen molar-refractivity contribution in [3.63, 3.8) is 0 Å². The number of benzene rings is 1. The Kier molecular flexibility index (Phi) is 4.47. The van der Waals surface area contributed by atoms with Crippen LogP contribution in [-0.2, 0) is 9.53 Å². The highest BCUT2D eigenvalue weighted by molar-refractivity contribution is 6.00. The Balaban J connectivity index is 1.67. The number of methoxy groups -OCH3 is 1. The van der Waals surface area contributed by atoms with Gasteiger partial charge in [-0.3, -0.25) is 9.59 Å². The van der Waals surface area contributed by atoms with Crippen LogP contribution in [0.3, 0.4) is 0 Å². The Morgan fingerprint density at radius 1 is 1.30 bits per heavy atom. The minimum absolute atomic E-state index is 0.0443. The average Bonchev–Trinajstić information content (AvgIpc) is 3.07. The molecule has 7 nitrogen and oxygen atoms in total. The molecule has 7 heteroatoms. The molecular weight excluding hydrogens is 300 g/mol. The van der Waals surface area contributed by atoms with Crippen LogP contribution < -0.4 is 10.1 Å². The van der Waals surface area contributed by atoms with E-state index in [2.05, 4.69) is 5.32 Å². The molecule has 0 atom stereocenters. The van der Waals surface area contributed by atoms with E-state index >= 15 is 0 Å². The van der Waals surface area contributed by atoms with E-state index in [1.165, 1.54) is 13.4 Å². The van der Waals surface area contributed by atoms with Gasteiger partial charge in [0.15, 0.2) is 0 Å². The van der Waals surface area contributed by atoms with Gasteiger partial charge in [0.1, 0.15) is 11.3 Å². The van der Waals surface area contributed by atoms with Gasteiger partial charge in [-0.05, 0) is 18.2 Å². The molecule has 1 aromatic heterocycles. The molecule has 0 spiro atoms. The molecule has 0 saturated carbocycles. The average molecular weight is 318 g/mol. The van der Waals surface area contributed by atoms with Crippen LogP contribution in [0.15, 0.2) is 28.9 Å². The van der Waals surface area contributed by atoms with Crippen molar-refractivity contribution in [2.24, 2.45) is 0 Å². The van der Waals surface area contributed by atoms with Crippen molar-refractivity contribution in [3.8, 4) is 5.75 Å². The van der Waals surface area contributed by atoms with E-state index in [0.717, 1.165) is 5.39 Å². The molecule has 23 heavy (non-hydrogen) atoms. The predicted molar refractivity (Wildman–Crippen MR) is 82.5 cm³/mol. The van der Waals surface area contributed by atoms with Gasteiger partial charge < -0.3 is 24.1 Å². The Morgan fingerprint density at radius 2 is 2.09 bits per heavy atom. The van der Waals surface area contributed by atoms with Crippen molar-refractivity contribution >= 4 is 22.8 Å². The molecule has 1 saturated heterocycles. The first-order valence-electron chi connectivity index (χ1n) is 7.38. The highest BCUT2D eigenvalue weighted by Crippen LogP contribution is 2.28. The highest BCUT2D eigenvalue weighted by Gasteiger charge is 2.18. The summed E-state index contributed by atoms with van der Waals surface area (Å²) in [5, 5.41) is 3.44. The van der Waals surface area contributed by atoms with Crippen LogP contribution >= 0.6 is 0 Å². The number of morpholine rings is 1. The maximum absolute atomic E-state index is 12.3. The monoisotopic (exact) mass is 318 g/mol. The van der Waals surface area contributed by atoms with Crippen molar-refractivity contribution in [3.05, 3.63) is 30.0 Å². The third-order valence-electron chi connectivity index (χ3n) is 3.78. The lowest BCUT2D eigenvalue weighted by atomic mass is 10.1. The number of hydrogen-bond acceptors (Lipinski definition) is 5. The maximum Gasteiger partial charge on any atom is 0.251 e. The predicted octanol–water partition coefficient (Wildman–Crippen LogP) is 1.03. The fraction of sp³-hybridized carbons (Fsp3) is 0.375. The van der Waals surface area contributed by atoms with Crippen LogP contribution in [0.2, 0.25) is 0 Å². The summed E-state index contributed by atoms with van der Waals surface area (Å²) >= 11 is 0. The summed E-state index contributed by atoms with van der Waals surface area (Å²) in [6.45, 7) is 2.14. The van der Waals surface area contributed by atoms with E-state index in [0.29, 0.717) is 43.2 Å². The van der Waals surface area contributed by atoms with E-state index in [-0.39, 0.29) is 18.4 Å².